The molecule has 4 heterocycles. The Morgan fingerprint density at radius 3 is 1.60 bits per heavy atom. The number of halogens is 2. The Hall–Kier alpha value is -7.17. The fourth-order valence-electron chi connectivity index (χ4n) is 11.3. The van der Waals surface area contributed by atoms with Crippen molar-refractivity contribution in [2.24, 2.45) is 25.9 Å². The van der Waals surface area contributed by atoms with Gasteiger partial charge in [-0.15, -0.1) is 0 Å². The Bertz CT molecular complexity index is 3320. The lowest BCUT2D eigenvalue weighted by Crippen LogP contribution is -3.00. The van der Waals surface area contributed by atoms with Crippen molar-refractivity contribution in [1.29, 1.82) is 5.26 Å². The quantitative estimate of drug-likeness (QED) is 0.0201. The maximum absolute atomic E-state index is 13.6. The predicted molar refractivity (Wildman–Crippen MR) is 342 cm³/mol. The summed E-state index contributed by atoms with van der Waals surface area (Å²) in [6.07, 6.45) is 20.0. The summed E-state index contributed by atoms with van der Waals surface area (Å²) in [5.41, 5.74) is 4.92. The Labute approximate surface area is 537 Å². The van der Waals surface area contributed by atoms with Gasteiger partial charge in [-0.25, -0.2) is 19.1 Å². The lowest BCUT2D eigenvalue weighted by atomic mass is 9.85. The highest BCUT2D eigenvalue weighted by molar-refractivity contribution is 6.20. The molecule has 2 amide bonds. The number of ketones is 2. The van der Waals surface area contributed by atoms with Crippen LogP contribution in [0.4, 0.5) is 9.59 Å². The molecular formula is C68H97Cl2N9O10. The Balaban J connectivity index is 0.000000303. The number of carbonyl (C=O) groups is 6. The van der Waals surface area contributed by atoms with Crippen molar-refractivity contribution in [3.05, 3.63) is 107 Å². The van der Waals surface area contributed by atoms with Crippen molar-refractivity contribution >= 4 is 69.1 Å². The maximum Gasteiger partial charge on any atom is 0.410 e. The summed E-state index contributed by atoms with van der Waals surface area (Å²) in [6, 6.07) is 18.1. The molecule has 2 aliphatic carbocycles. The molecule has 4 unspecified atom stereocenters. The maximum atomic E-state index is 13.6. The summed E-state index contributed by atoms with van der Waals surface area (Å²) in [7, 11) is 4.11. The van der Waals surface area contributed by atoms with E-state index < -0.39 is 35.2 Å². The van der Waals surface area contributed by atoms with E-state index in [1.807, 2.05) is 123 Å². The summed E-state index contributed by atoms with van der Waals surface area (Å²) in [5.74, 6) is 2.06. The number of unbranched alkanes of at least 4 members (excludes halogenated alkanes) is 8. The van der Waals surface area contributed by atoms with Crippen LogP contribution in [0.2, 0.25) is 0 Å². The number of alkyl halides is 1. The first kappa shape index (κ1) is 74.3. The van der Waals surface area contributed by atoms with Gasteiger partial charge in [0.15, 0.2) is 17.1 Å². The highest BCUT2D eigenvalue weighted by Gasteiger charge is 2.35. The molecular weight excluding hydrogens is 1170 g/mol. The zero-order valence-corrected chi connectivity index (χ0v) is 56.4. The topological polar surface area (TPSA) is 224 Å². The molecule has 0 saturated carbocycles. The lowest BCUT2D eigenvalue weighted by molar-refractivity contribution is -0.706. The molecule has 2 aliphatic rings. The fraction of sp³-hybridized carbons (Fsp3) is 0.574. The number of fused-ring (bicyclic) bond motifs is 6. The second kappa shape index (κ2) is 35.9. The highest BCUT2D eigenvalue weighted by Crippen LogP contribution is 2.36. The van der Waals surface area contributed by atoms with Crippen LogP contribution in [-0.4, -0.2) is 88.8 Å². The first-order chi connectivity index (χ1) is 41.7. The van der Waals surface area contributed by atoms with E-state index in [0.717, 1.165) is 147 Å². The van der Waals surface area contributed by atoms with Crippen LogP contribution >= 0.6 is 11.6 Å². The van der Waals surface area contributed by atoms with E-state index in [2.05, 4.69) is 59.1 Å². The standard InChI is InChI=1S/C33H46N4O5.C18H19N3O.C15H28ClNO4.C2H3N.ClH/c1-23-36(22-25-17-18-28-30(31(25)39)26-14-11-12-15-27(26)35(28)6)20-21-37(23)24(2)41-32(40)34-19-13-9-7-8-10-16-29(38)42-33(3,4)5;1-12-19-9-10-21(12)11-13-7-8-16-17(18(13)22)14-5-3-4-6-15(14)20(16)2;1-12(16)20-14(19)17-11-9-7-5-6-8-10-13(18)21-15(2,3)4;1-2-3;/h11-12,14-15,20-21,24-25H,7-10,13,16-19,22H2,1-6H3;3-6,9-10,13H,7-8,11H2,1-2H3;12H,5-11H2,1-4H3,(H,17,19);1H3;1H. The lowest BCUT2D eigenvalue weighted by Gasteiger charge is -2.23. The third-order valence-corrected chi connectivity index (χ3v) is 15.6. The number of alkyl carbamates (subject to hydrolysis) is 2. The van der Waals surface area contributed by atoms with Gasteiger partial charge in [0.1, 0.15) is 36.0 Å². The van der Waals surface area contributed by atoms with E-state index >= 15 is 0 Å². The van der Waals surface area contributed by atoms with Crippen molar-refractivity contribution in [2.45, 2.75) is 215 Å². The zero-order valence-electron chi connectivity index (χ0n) is 54.8. The average Bonchev–Trinajstić information content (AvgIpc) is 1.63. The van der Waals surface area contributed by atoms with Gasteiger partial charge in [-0.3, -0.25) is 19.2 Å². The summed E-state index contributed by atoms with van der Waals surface area (Å²) in [4.78, 5) is 77.6. The summed E-state index contributed by atoms with van der Waals surface area (Å²) >= 11 is 5.51. The van der Waals surface area contributed by atoms with Gasteiger partial charge in [0, 0.05) is 130 Å². The van der Waals surface area contributed by atoms with Gasteiger partial charge in [0.25, 0.3) is 5.82 Å². The monoisotopic (exact) mass is 1270 g/mol. The fourth-order valence-corrected chi connectivity index (χ4v) is 11.4. The molecule has 21 heteroatoms. The number of nitriles is 1. The van der Waals surface area contributed by atoms with Crippen molar-refractivity contribution in [3.8, 4) is 6.07 Å². The van der Waals surface area contributed by atoms with Crippen LogP contribution in [0.15, 0.2) is 73.3 Å². The number of Topliss-reactive ketones (excluding diaryl/α,β-unsaturated/α-hetero) is 2. The van der Waals surface area contributed by atoms with Gasteiger partial charge >= 0.3 is 24.1 Å². The van der Waals surface area contributed by atoms with E-state index in [1.54, 1.807) is 19.2 Å². The van der Waals surface area contributed by atoms with Gasteiger partial charge < -0.3 is 55.7 Å². The molecule has 488 valence electrons. The minimum atomic E-state index is -0.613. The smallest absolute Gasteiger partial charge is 0.410 e. The van der Waals surface area contributed by atoms with Crippen LogP contribution in [0, 0.1) is 37.0 Å². The van der Waals surface area contributed by atoms with E-state index in [1.165, 1.54) is 12.6 Å². The average molecular weight is 1270 g/mol. The van der Waals surface area contributed by atoms with Gasteiger partial charge in [-0.1, -0.05) is 86.5 Å². The van der Waals surface area contributed by atoms with Crippen LogP contribution in [0.3, 0.4) is 0 Å². The molecule has 89 heavy (non-hydrogen) atoms. The normalized spacial score (nSPS) is 15.0. The molecule has 0 bridgehead atoms. The number of hydrogen-bond acceptors (Lipinski definition) is 12. The SMILES string of the molecule is CC#N.CC(Cl)OC(=O)NCCCCCCCC(=O)OC(C)(C)C.Cc1n(C(C)OC(=O)NCCCCCCCC(=O)OC(C)(C)C)cc[n+]1CC1CCc2c(c3ccccc3n2C)C1=O.Cc1nccn1CC1CCc2c(c3ccccc3n2C)C1=O.[Cl-]. The number of benzene rings is 2. The molecule has 0 fully saturated rings. The van der Waals surface area contributed by atoms with Crippen LogP contribution in [0.25, 0.3) is 21.8 Å². The molecule has 0 radical (unpaired) electrons. The van der Waals surface area contributed by atoms with Crippen LogP contribution in [0.5, 0.6) is 0 Å². The largest absolute Gasteiger partial charge is 1.00 e. The summed E-state index contributed by atoms with van der Waals surface area (Å²) < 4.78 is 31.3. The van der Waals surface area contributed by atoms with Crippen LogP contribution in [-0.2, 0) is 68.6 Å². The van der Waals surface area contributed by atoms with Gasteiger partial charge in [-0.05, 0) is 119 Å². The van der Waals surface area contributed by atoms with Crippen molar-refractivity contribution in [1.82, 2.24) is 33.9 Å². The number of hydrogen-bond donors (Lipinski definition) is 2. The molecule has 2 N–H and O–H groups in total. The minimum absolute atomic E-state index is 0. The number of esters is 2. The predicted octanol–water partition coefficient (Wildman–Crippen LogP) is 10.6. The van der Waals surface area contributed by atoms with Gasteiger partial charge in [0.05, 0.1) is 12.0 Å². The van der Waals surface area contributed by atoms with Gasteiger partial charge in [0.2, 0.25) is 6.23 Å². The molecule has 0 saturated heterocycles. The number of aromatic nitrogens is 6. The van der Waals surface area contributed by atoms with E-state index in [4.69, 9.17) is 35.8 Å². The molecule has 4 atom stereocenters. The number of rotatable bonds is 23. The summed E-state index contributed by atoms with van der Waals surface area (Å²) in [5, 5.41) is 14.9. The van der Waals surface area contributed by atoms with Crippen molar-refractivity contribution in [3.63, 3.8) is 0 Å². The number of aryl methyl sites for hydroxylation is 3. The highest BCUT2D eigenvalue weighted by atomic mass is 35.5. The number of para-hydroxylation sites is 2. The van der Waals surface area contributed by atoms with Crippen LogP contribution in [0.1, 0.15) is 202 Å². The van der Waals surface area contributed by atoms with E-state index in [-0.39, 0.29) is 47.7 Å². The molecule has 8 rings (SSSR count). The molecule has 6 aromatic rings. The first-order valence-corrected chi connectivity index (χ1v) is 31.7. The Kier molecular flexibility index (Phi) is 29.9. The van der Waals surface area contributed by atoms with Gasteiger partial charge in [-0.2, -0.15) is 9.83 Å². The van der Waals surface area contributed by atoms with Crippen LogP contribution < -0.4 is 27.6 Å². The third kappa shape index (κ3) is 23.0. The number of nitrogens with one attached hydrogen (secondary N) is 2. The van der Waals surface area contributed by atoms with Crippen molar-refractivity contribution in [2.75, 3.05) is 13.1 Å². The third-order valence-electron chi connectivity index (χ3n) is 15.5. The number of amides is 2. The molecule has 0 aliphatic heterocycles. The first-order valence-electron chi connectivity index (χ1n) is 31.3. The van der Waals surface area contributed by atoms with E-state index in [0.29, 0.717) is 32.5 Å². The van der Waals surface area contributed by atoms with E-state index in [9.17, 15) is 28.8 Å². The molecule has 2 aromatic carbocycles. The molecule has 0 spiro atoms. The Morgan fingerprint density at radius 2 is 1.13 bits per heavy atom. The van der Waals surface area contributed by atoms with Crippen molar-refractivity contribution < 1.29 is 64.7 Å². The molecule has 4 aromatic heterocycles. The number of nitrogens with zero attached hydrogens (tertiary/aromatic N) is 7. The second-order valence-electron chi connectivity index (χ2n) is 24.8. The number of imidazole rings is 2. The summed E-state index contributed by atoms with van der Waals surface area (Å²) in [6.45, 7) is 22.5. The zero-order chi connectivity index (χ0) is 64.7. The molecule has 19 nitrogen and oxygen atoms in total. The number of ether oxygens (including phenoxy) is 4. The second-order valence-corrected chi connectivity index (χ2v) is 25.4. The Morgan fingerprint density at radius 1 is 0.697 bits per heavy atom. The minimum Gasteiger partial charge on any atom is -1.00 e. The number of carbonyl (C=O) groups excluding carboxylic acids is 6.